The third-order valence-electron chi connectivity index (χ3n) is 2.56. The van der Waals surface area contributed by atoms with Crippen molar-refractivity contribution in [3.05, 3.63) is 16.9 Å². The van der Waals surface area contributed by atoms with Gasteiger partial charge in [0.2, 0.25) is 0 Å². The zero-order chi connectivity index (χ0) is 11.4. The van der Waals surface area contributed by atoms with Crippen LogP contribution in [0.15, 0.2) is 6.20 Å². The molecule has 1 unspecified atom stereocenters. The first-order valence-corrected chi connectivity index (χ1v) is 5.87. The molecule has 1 atom stereocenters. The van der Waals surface area contributed by atoms with Crippen molar-refractivity contribution in [2.45, 2.75) is 46.2 Å². The third kappa shape index (κ3) is 3.21. The summed E-state index contributed by atoms with van der Waals surface area (Å²) in [5.74, 6) is 0. The highest BCUT2D eigenvalue weighted by Crippen LogP contribution is 2.19. The van der Waals surface area contributed by atoms with Gasteiger partial charge in [-0.15, -0.1) is 0 Å². The highest BCUT2D eigenvalue weighted by Gasteiger charge is 2.13. The van der Waals surface area contributed by atoms with Crippen LogP contribution in [0.5, 0.6) is 0 Å². The van der Waals surface area contributed by atoms with Crippen LogP contribution in [0.1, 0.15) is 38.9 Å². The summed E-state index contributed by atoms with van der Waals surface area (Å²) in [7, 11) is 0. The van der Waals surface area contributed by atoms with E-state index < -0.39 is 0 Å². The van der Waals surface area contributed by atoms with Crippen molar-refractivity contribution in [3.8, 4) is 0 Å². The fraction of sp³-hybridized carbons (Fsp3) is 0.727. The van der Waals surface area contributed by atoms with Gasteiger partial charge in [-0.1, -0.05) is 32.4 Å². The van der Waals surface area contributed by atoms with E-state index in [2.05, 4.69) is 31.2 Å². The summed E-state index contributed by atoms with van der Waals surface area (Å²) in [6, 6.07) is 0.894. The lowest BCUT2D eigenvalue weighted by Crippen LogP contribution is -2.31. The highest BCUT2D eigenvalue weighted by atomic mass is 35.5. The molecule has 0 aliphatic carbocycles. The zero-order valence-corrected chi connectivity index (χ0v) is 10.7. The van der Waals surface area contributed by atoms with Crippen molar-refractivity contribution in [1.29, 1.82) is 0 Å². The van der Waals surface area contributed by atoms with Gasteiger partial charge in [0.05, 0.1) is 23.0 Å². The molecule has 1 aromatic heterocycles. The molecule has 1 N–H and O–H groups in total. The van der Waals surface area contributed by atoms with Crippen LogP contribution in [-0.4, -0.2) is 22.4 Å². The first-order valence-electron chi connectivity index (χ1n) is 5.49. The topological polar surface area (TPSA) is 29.9 Å². The molecule has 0 aromatic carbocycles. The van der Waals surface area contributed by atoms with Gasteiger partial charge in [-0.05, 0) is 13.3 Å². The maximum absolute atomic E-state index is 5.99. The van der Waals surface area contributed by atoms with Crippen molar-refractivity contribution in [1.82, 2.24) is 15.1 Å². The number of nitrogens with one attached hydrogen (secondary N) is 1. The summed E-state index contributed by atoms with van der Waals surface area (Å²) >= 11 is 5.99. The molecular weight excluding hydrogens is 210 g/mol. The van der Waals surface area contributed by atoms with Crippen LogP contribution in [-0.2, 0) is 0 Å². The summed E-state index contributed by atoms with van der Waals surface area (Å²) in [6.07, 6.45) is 2.77. The smallest absolute Gasteiger partial charge is 0.0815 e. The van der Waals surface area contributed by atoms with Crippen LogP contribution in [0.3, 0.4) is 0 Å². The Morgan fingerprint density at radius 1 is 1.53 bits per heavy atom. The molecule has 1 rings (SSSR count). The molecule has 0 amide bonds. The van der Waals surface area contributed by atoms with E-state index in [0.29, 0.717) is 12.1 Å². The molecule has 0 spiro atoms. The summed E-state index contributed by atoms with van der Waals surface area (Å²) in [5, 5.41) is 8.48. The molecule has 0 bridgehead atoms. The lowest BCUT2D eigenvalue weighted by molar-refractivity contribution is 0.390. The molecule has 1 heterocycles. The average molecular weight is 230 g/mol. The monoisotopic (exact) mass is 229 g/mol. The summed E-state index contributed by atoms with van der Waals surface area (Å²) < 4.78 is 2.01. The Balaban J connectivity index is 2.70. The van der Waals surface area contributed by atoms with Crippen molar-refractivity contribution in [2.24, 2.45) is 0 Å². The molecule has 15 heavy (non-hydrogen) atoms. The predicted molar refractivity (Wildman–Crippen MR) is 64.4 cm³/mol. The number of halogens is 1. The molecule has 0 saturated heterocycles. The normalized spacial score (nSPS) is 13.5. The zero-order valence-electron chi connectivity index (χ0n) is 9.92. The van der Waals surface area contributed by atoms with Gasteiger partial charge in [0.1, 0.15) is 0 Å². The molecule has 0 aliphatic heterocycles. The molecule has 3 nitrogen and oxygen atoms in total. The Kier molecular flexibility index (Phi) is 4.61. The third-order valence-corrected chi connectivity index (χ3v) is 2.93. The second kappa shape index (κ2) is 5.52. The Hall–Kier alpha value is -0.540. The quantitative estimate of drug-likeness (QED) is 0.842. The van der Waals surface area contributed by atoms with Crippen molar-refractivity contribution < 1.29 is 0 Å². The Morgan fingerprint density at radius 2 is 2.20 bits per heavy atom. The molecule has 0 radical (unpaired) electrons. The van der Waals surface area contributed by atoms with Gasteiger partial charge in [-0.3, -0.25) is 4.68 Å². The van der Waals surface area contributed by atoms with E-state index in [0.717, 1.165) is 23.7 Å². The standard InChI is InChI=1S/C11H20ClN3/c1-5-10(6-13-8(2)3)15-9(4)11(12)7-14-15/h7-8,10,13H,5-6H2,1-4H3. The van der Waals surface area contributed by atoms with E-state index in [1.165, 1.54) is 0 Å². The maximum atomic E-state index is 5.99. The van der Waals surface area contributed by atoms with Gasteiger partial charge in [0.25, 0.3) is 0 Å². The molecule has 1 aromatic rings. The molecule has 4 heteroatoms. The molecule has 0 fully saturated rings. The van der Waals surface area contributed by atoms with Crippen LogP contribution in [0.4, 0.5) is 0 Å². The second-order valence-electron chi connectivity index (χ2n) is 4.15. The Bertz CT molecular complexity index is 307. The van der Waals surface area contributed by atoms with Gasteiger partial charge in [-0.2, -0.15) is 5.10 Å². The van der Waals surface area contributed by atoms with Crippen molar-refractivity contribution in [2.75, 3.05) is 6.54 Å². The minimum Gasteiger partial charge on any atom is -0.312 e. The Morgan fingerprint density at radius 3 is 2.60 bits per heavy atom. The van der Waals surface area contributed by atoms with E-state index in [-0.39, 0.29) is 0 Å². The highest BCUT2D eigenvalue weighted by molar-refractivity contribution is 6.31. The van der Waals surface area contributed by atoms with Crippen molar-refractivity contribution >= 4 is 11.6 Å². The van der Waals surface area contributed by atoms with Gasteiger partial charge in [0, 0.05) is 12.6 Å². The first-order chi connectivity index (χ1) is 7.06. The van der Waals surface area contributed by atoms with Crippen LogP contribution >= 0.6 is 11.6 Å². The summed E-state index contributed by atoms with van der Waals surface area (Å²) in [4.78, 5) is 0. The van der Waals surface area contributed by atoms with Gasteiger partial charge in [0.15, 0.2) is 0 Å². The second-order valence-corrected chi connectivity index (χ2v) is 4.55. The SMILES string of the molecule is CCC(CNC(C)C)n1ncc(Cl)c1C. The molecule has 86 valence electrons. The lowest BCUT2D eigenvalue weighted by Gasteiger charge is -2.19. The average Bonchev–Trinajstić information content (AvgIpc) is 2.50. The number of nitrogens with zero attached hydrogens (tertiary/aromatic N) is 2. The van der Waals surface area contributed by atoms with E-state index in [1.807, 2.05) is 11.6 Å². The van der Waals surface area contributed by atoms with Crippen LogP contribution in [0.25, 0.3) is 0 Å². The van der Waals surface area contributed by atoms with Crippen LogP contribution in [0.2, 0.25) is 5.02 Å². The number of rotatable bonds is 5. The van der Waals surface area contributed by atoms with Gasteiger partial charge in [-0.25, -0.2) is 0 Å². The van der Waals surface area contributed by atoms with E-state index >= 15 is 0 Å². The van der Waals surface area contributed by atoms with Gasteiger partial charge < -0.3 is 5.32 Å². The minimum absolute atomic E-state index is 0.389. The van der Waals surface area contributed by atoms with E-state index in [4.69, 9.17) is 11.6 Å². The number of hydrogen-bond donors (Lipinski definition) is 1. The molecule has 0 aliphatic rings. The van der Waals surface area contributed by atoms with Crippen LogP contribution < -0.4 is 5.32 Å². The Labute approximate surface area is 96.8 Å². The van der Waals surface area contributed by atoms with E-state index in [9.17, 15) is 0 Å². The number of hydrogen-bond acceptors (Lipinski definition) is 2. The lowest BCUT2D eigenvalue weighted by atomic mass is 10.2. The maximum Gasteiger partial charge on any atom is 0.0815 e. The number of aromatic nitrogens is 2. The summed E-state index contributed by atoms with van der Waals surface area (Å²) in [5.41, 5.74) is 1.05. The van der Waals surface area contributed by atoms with E-state index in [1.54, 1.807) is 6.20 Å². The molecular formula is C11H20ClN3. The predicted octanol–water partition coefficient (Wildman–Crippen LogP) is 2.79. The summed E-state index contributed by atoms with van der Waals surface area (Å²) in [6.45, 7) is 9.41. The van der Waals surface area contributed by atoms with Crippen LogP contribution in [0, 0.1) is 6.92 Å². The minimum atomic E-state index is 0.389. The van der Waals surface area contributed by atoms with Crippen molar-refractivity contribution in [3.63, 3.8) is 0 Å². The fourth-order valence-electron chi connectivity index (χ4n) is 1.55. The first kappa shape index (κ1) is 12.5. The largest absolute Gasteiger partial charge is 0.312 e. The van der Waals surface area contributed by atoms with Gasteiger partial charge >= 0.3 is 0 Å². The fourth-order valence-corrected chi connectivity index (χ4v) is 1.68. The molecule has 0 saturated carbocycles.